The molecule has 0 spiro atoms. The molecule has 14 heteroatoms. The van der Waals surface area contributed by atoms with Crippen LogP contribution in [-0.2, 0) is 21.9 Å². The minimum atomic E-state index is -4.38. The molecule has 55 heavy (non-hydrogen) atoms. The first-order valence-electron chi connectivity index (χ1n) is 17.4. The van der Waals surface area contributed by atoms with E-state index in [9.17, 15) is 35.9 Å². The Labute approximate surface area is 311 Å². The van der Waals surface area contributed by atoms with Crippen molar-refractivity contribution in [3.8, 4) is 11.4 Å². The van der Waals surface area contributed by atoms with E-state index in [0.717, 1.165) is 57.6 Å². The summed E-state index contributed by atoms with van der Waals surface area (Å²) in [7, 11) is 0. The summed E-state index contributed by atoms with van der Waals surface area (Å²) in [6.07, 6.45) is -5.17. The Morgan fingerprint density at radius 1 is 0.582 bits per heavy atom. The summed E-state index contributed by atoms with van der Waals surface area (Å²) in [6, 6.07) is 20.9. The van der Waals surface area contributed by atoms with Crippen LogP contribution in [0, 0.1) is 32.6 Å². The number of halogens is 6. The van der Waals surface area contributed by atoms with Gasteiger partial charge in [-0.05, 0) is 116 Å². The van der Waals surface area contributed by atoms with Crippen LogP contribution in [0.1, 0.15) is 27.8 Å². The highest BCUT2D eigenvalue weighted by Gasteiger charge is 2.35. The van der Waals surface area contributed by atoms with Gasteiger partial charge in [0.2, 0.25) is 0 Å². The van der Waals surface area contributed by atoms with Gasteiger partial charge in [-0.2, -0.15) is 26.3 Å². The van der Waals surface area contributed by atoms with Crippen LogP contribution in [0.2, 0.25) is 0 Å². The van der Waals surface area contributed by atoms with E-state index in [1.54, 1.807) is 19.2 Å². The minimum Gasteiger partial charge on any atom is -0.481 e. The van der Waals surface area contributed by atoms with E-state index >= 15 is 0 Å². The summed E-state index contributed by atoms with van der Waals surface area (Å²) < 4.78 is 81.6. The zero-order chi connectivity index (χ0) is 39.6. The summed E-state index contributed by atoms with van der Waals surface area (Å²) in [5.74, 6) is -2.31. The lowest BCUT2D eigenvalue weighted by atomic mass is 9.99. The highest BCUT2D eigenvalue weighted by Crippen LogP contribution is 2.36. The minimum absolute atomic E-state index is 0.359. The van der Waals surface area contributed by atoms with Crippen LogP contribution in [0.25, 0.3) is 33.2 Å². The average molecular weight is 763 g/mol. The Morgan fingerprint density at radius 3 is 1.53 bits per heavy atom. The van der Waals surface area contributed by atoms with Crippen molar-refractivity contribution in [1.29, 1.82) is 0 Å². The first-order valence-corrected chi connectivity index (χ1v) is 17.4. The molecule has 0 atom stereocenters. The molecule has 4 aromatic carbocycles. The number of anilines is 2. The summed E-state index contributed by atoms with van der Waals surface area (Å²) in [5.41, 5.74) is 6.32. The molecule has 0 unspecified atom stereocenters. The lowest BCUT2D eigenvalue weighted by Crippen LogP contribution is -2.50. The normalized spacial score (nSPS) is 15.1. The first-order chi connectivity index (χ1) is 25.8. The van der Waals surface area contributed by atoms with Crippen LogP contribution in [0.5, 0.6) is 0 Å². The molecule has 0 radical (unpaired) electrons. The number of carbonyl (C=O) groups is 2. The van der Waals surface area contributed by atoms with E-state index in [1.807, 2.05) is 75.4 Å². The number of aliphatic carboxylic acids is 2. The highest BCUT2D eigenvalue weighted by molar-refractivity contribution is 5.87. The molecular formula is C41H36F6N4O4. The van der Waals surface area contributed by atoms with E-state index in [1.165, 1.54) is 18.2 Å². The Morgan fingerprint density at radius 2 is 1.04 bits per heavy atom. The van der Waals surface area contributed by atoms with E-state index in [-0.39, 0.29) is 11.8 Å². The topological polar surface area (TPSA) is 90.9 Å². The van der Waals surface area contributed by atoms with Crippen LogP contribution < -0.4 is 9.80 Å². The number of nitrogens with zero attached hydrogens (tertiary/aromatic N) is 4. The van der Waals surface area contributed by atoms with Gasteiger partial charge in [-0.1, -0.05) is 0 Å². The van der Waals surface area contributed by atoms with Crippen LogP contribution in [-0.4, -0.2) is 57.5 Å². The second-order valence-corrected chi connectivity index (χ2v) is 14.3. The molecule has 2 fully saturated rings. The smallest absolute Gasteiger partial charge is 0.416 e. The monoisotopic (exact) mass is 762 g/mol. The molecule has 0 aliphatic carbocycles. The largest absolute Gasteiger partial charge is 0.481 e. The maximum Gasteiger partial charge on any atom is 0.416 e. The molecule has 2 aromatic heterocycles. The summed E-state index contributed by atoms with van der Waals surface area (Å²) >= 11 is 0. The van der Waals surface area contributed by atoms with Crippen molar-refractivity contribution in [2.24, 2.45) is 11.8 Å². The Hall–Kier alpha value is -5.92. The molecule has 8 nitrogen and oxygen atoms in total. The number of benzene rings is 4. The van der Waals surface area contributed by atoms with E-state index < -0.39 is 35.4 Å². The highest BCUT2D eigenvalue weighted by atomic mass is 19.4. The molecular weight excluding hydrogens is 726 g/mol. The second kappa shape index (κ2) is 13.7. The zero-order valence-electron chi connectivity index (χ0n) is 29.9. The molecule has 8 rings (SSSR count). The summed E-state index contributed by atoms with van der Waals surface area (Å²) in [6.45, 7) is 7.51. The molecule has 286 valence electrons. The van der Waals surface area contributed by atoms with E-state index in [4.69, 9.17) is 10.2 Å². The fraction of sp³-hybridized carbons (Fsp3) is 0.268. The van der Waals surface area contributed by atoms with Gasteiger partial charge in [0.15, 0.2) is 0 Å². The zero-order valence-corrected chi connectivity index (χ0v) is 29.9. The molecule has 2 aliphatic rings. The number of fused-ring (bicyclic) bond motifs is 2. The van der Waals surface area contributed by atoms with Gasteiger partial charge in [0, 0.05) is 72.1 Å². The van der Waals surface area contributed by atoms with Crippen molar-refractivity contribution in [2.45, 2.75) is 33.1 Å². The fourth-order valence-corrected chi connectivity index (χ4v) is 7.15. The molecule has 2 saturated heterocycles. The first kappa shape index (κ1) is 37.4. The lowest BCUT2D eigenvalue weighted by Gasteiger charge is -2.39. The molecule has 2 aliphatic heterocycles. The average Bonchev–Trinajstić information content (AvgIpc) is 3.62. The van der Waals surface area contributed by atoms with Crippen LogP contribution in [0.4, 0.5) is 37.7 Å². The van der Waals surface area contributed by atoms with Gasteiger partial charge >= 0.3 is 24.3 Å². The number of hydrogen-bond acceptors (Lipinski definition) is 4. The fourth-order valence-electron chi connectivity index (χ4n) is 7.15. The van der Waals surface area contributed by atoms with Gasteiger partial charge in [0.1, 0.15) is 0 Å². The van der Waals surface area contributed by atoms with Gasteiger partial charge in [-0.25, -0.2) is 0 Å². The Bertz CT molecular complexity index is 2450. The Balaban J connectivity index is 0.000000169. The molecule has 2 N–H and O–H groups in total. The molecule has 6 aromatic rings. The molecule has 0 bridgehead atoms. The Kier molecular flexibility index (Phi) is 9.34. The van der Waals surface area contributed by atoms with Crippen molar-refractivity contribution < 1.29 is 46.1 Å². The third kappa shape index (κ3) is 7.45. The van der Waals surface area contributed by atoms with Crippen molar-refractivity contribution in [3.05, 3.63) is 119 Å². The maximum atomic E-state index is 13.1. The number of hydrogen-bond donors (Lipinski definition) is 2. The van der Waals surface area contributed by atoms with Crippen LogP contribution in [0.15, 0.2) is 91.3 Å². The summed E-state index contributed by atoms with van der Waals surface area (Å²) in [5, 5.41) is 19.2. The maximum absolute atomic E-state index is 13.1. The third-order valence-electron chi connectivity index (χ3n) is 10.2. The van der Waals surface area contributed by atoms with Gasteiger partial charge in [0.25, 0.3) is 0 Å². The lowest BCUT2D eigenvalue weighted by molar-refractivity contribution is -0.143. The van der Waals surface area contributed by atoms with E-state index in [2.05, 4.69) is 0 Å². The number of carboxylic acids is 2. The molecule has 4 heterocycles. The SMILES string of the molecule is Cc1cc(N2CC(C(=O)O)C2)cc(-n2cc(C)c3cc(C(F)(F)F)ccc32)c1.Cc1cc(N2CC(C(=O)O)C2)cc(-n2ccc3cc(C(F)(F)F)ccc32)c1. The summed E-state index contributed by atoms with van der Waals surface area (Å²) in [4.78, 5) is 26.0. The standard InChI is InChI=1S/C21H19F3N2O2.C20H17F3N2O2/c1-12-5-16(25-10-14(11-25)20(27)28)8-17(6-12)26-9-13(2)18-7-15(21(22,23)24)3-4-19(18)26;1-12-6-16(24-10-14(11-24)19(26)27)9-17(7-12)25-5-4-13-8-15(20(21,22)23)2-3-18(13)25/h3-9,14H,10-11H2,1-2H3,(H,27,28);2-9,14H,10-11H2,1H3,(H,26,27). The number of alkyl halides is 6. The van der Waals surface area contributed by atoms with Crippen molar-refractivity contribution in [1.82, 2.24) is 9.13 Å². The number of carboxylic acid groups (broad SMARTS) is 2. The van der Waals surface area contributed by atoms with E-state index in [0.29, 0.717) is 48.0 Å². The quantitative estimate of drug-likeness (QED) is 0.165. The number of aryl methyl sites for hydroxylation is 3. The van der Waals surface area contributed by atoms with Crippen molar-refractivity contribution in [3.63, 3.8) is 0 Å². The van der Waals surface area contributed by atoms with Gasteiger partial charge in [-0.15, -0.1) is 0 Å². The third-order valence-corrected chi connectivity index (χ3v) is 10.2. The van der Waals surface area contributed by atoms with Crippen molar-refractivity contribution >= 4 is 45.1 Å². The molecule has 0 saturated carbocycles. The van der Waals surface area contributed by atoms with Crippen LogP contribution in [0.3, 0.4) is 0 Å². The van der Waals surface area contributed by atoms with Gasteiger partial charge in [0.05, 0.1) is 34.0 Å². The van der Waals surface area contributed by atoms with Crippen LogP contribution >= 0.6 is 0 Å². The predicted octanol–water partition coefficient (Wildman–Crippen LogP) is 9.27. The second-order valence-electron chi connectivity index (χ2n) is 14.3. The molecule has 0 amide bonds. The van der Waals surface area contributed by atoms with Gasteiger partial charge < -0.3 is 29.1 Å². The predicted molar refractivity (Wildman–Crippen MR) is 197 cm³/mol. The van der Waals surface area contributed by atoms with Gasteiger partial charge in [-0.3, -0.25) is 9.59 Å². The number of aromatic nitrogens is 2. The number of rotatable bonds is 6. The van der Waals surface area contributed by atoms with Crippen molar-refractivity contribution in [2.75, 3.05) is 36.0 Å².